The summed E-state index contributed by atoms with van der Waals surface area (Å²) in [6.07, 6.45) is 4.10. The molecule has 2 aliphatic heterocycles. The maximum absolute atomic E-state index is 12.7. The quantitative estimate of drug-likeness (QED) is 0.784. The number of carbonyl (C=O) groups excluding carboxylic acids is 1. The zero-order chi connectivity index (χ0) is 18.6. The van der Waals surface area contributed by atoms with Crippen molar-refractivity contribution in [2.24, 2.45) is 0 Å². The number of benzene rings is 1. The van der Waals surface area contributed by atoms with E-state index in [1.807, 2.05) is 24.0 Å². The Morgan fingerprint density at radius 2 is 1.81 bits per heavy atom. The molecule has 2 fully saturated rings. The van der Waals surface area contributed by atoms with Crippen LogP contribution in [0.1, 0.15) is 38.2 Å². The van der Waals surface area contributed by atoms with Crippen LogP contribution in [0.5, 0.6) is 0 Å². The van der Waals surface area contributed by atoms with E-state index in [1.165, 1.54) is 0 Å². The predicted molar refractivity (Wildman–Crippen MR) is 99.4 cm³/mol. The molecule has 1 atom stereocenters. The number of amides is 1. The first-order chi connectivity index (χ1) is 12.5. The van der Waals surface area contributed by atoms with Crippen molar-refractivity contribution in [1.82, 2.24) is 9.21 Å². The second-order valence-corrected chi connectivity index (χ2v) is 9.07. The first-order valence-electron chi connectivity index (χ1n) is 9.45. The van der Waals surface area contributed by atoms with E-state index in [1.54, 1.807) is 16.4 Å². The summed E-state index contributed by atoms with van der Waals surface area (Å²) in [6, 6.07) is 6.99. The van der Waals surface area contributed by atoms with Gasteiger partial charge in [0.05, 0.1) is 17.6 Å². The molecule has 2 saturated heterocycles. The van der Waals surface area contributed by atoms with E-state index in [0.717, 1.165) is 24.8 Å². The monoisotopic (exact) mass is 380 g/mol. The molecule has 1 unspecified atom stereocenters. The molecule has 0 saturated carbocycles. The first kappa shape index (κ1) is 19.3. The van der Waals surface area contributed by atoms with E-state index in [4.69, 9.17) is 4.74 Å². The highest BCUT2D eigenvalue weighted by Crippen LogP contribution is 2.21. The highest BCUT2D eigenvalue weighted by Gasteiger charge is 2.26. The summed E-state index contributed by atoms with van der Waals surface area (Å²) in [5, 5.41) is 0. The molecule has 0 aromatic heterocycles. The van der Waals surface area contributed by atoms with Crippen LogP contribution in [0.25, 0.3) is 0 Å². The van der Waals surface area contributed by atoms with Crippen molar-refractivity contribution in [3.63, 3.8) is 0 Å². The number of nitrogens with zero attached hydrogens (tertiary/aromatic N) is 2. The van der Waals surface area contributed by atoms with Gasteiger partial charge < -0.3 is 9.64 Å². The molecule has 2 heterocycles. The minimum atomic E-state index is -3.39. The van der Waals surface area contributed by atoms with Crippen molar-refractivity contribution >= 4 is 15.9 Å². The Balaban J connectivity index is 1.56. The van der Waals surface area contributed by atoms with Crippen molar-refractivity contribution in [1.29, 1.82) is 0 Å². The molecule has 0 spiro atoms. The first-order valence-corrected chi connectivity index (χ1v) is 10.9. The summed E-state index contributed by atoms with van der Waals surface area (Å²) in [5.74, 6) is 0.130. The number of hydrogen-bond donors (Lipinski definition) is 0. The van der Waals surface area contributed by atoms with Gasteiger partial charge in [0.15, 0.2) is 0 Å². The Hall–Kier alpha value is -1.44. The molecule has 7 heteroatoms. The van der Waals surface area contributed by atoms with Crippen LogP contribution < -0.4 is 0 Å². The van der Waals surface area contributed by atoms with Crippen LogP contribution in [0.2, 0.25) is 0 Å². The van der Waals surface area contributed by atoms with Crippen molar-refractivity contribution in [3.05, 3.63) is 29.8 Å². The van der Waals surface area contributed by atoms with Gasteiger partial charge in [-0.25, -0.2) is 8.42 Å². The van der Waals surface area contributed by atoms with Gasteiger partial charge in [-0.2, -0.15) is 4.31 Å². The molecule has 0 aliphatic carbocycles. The van der Waals surface area contributed by atoms with E-state index in [0.29, 0.717) is 50.5 Å². The summed E-state index contributed by atoms with van der Waals surface area (Å²) in [6.45, 7) is 5.08. The van der Waals surface area contributed by atoms with Crippen molar-refractivity contribution < 1.29 is 17.9 Å². The summed E-state index contributed by atoms with van der Waals surface area (Å²) in [7, 11) is -3.39. The molecular weight excluding hydrogens is 352 g/mol. The van der Waals surface area contributed by atoms with Gasteiger partial charge in [-0.3, -0.25) is 4.79 Å². The number of ether oxygens (including phenoxy) is 1. The molecule has 6 nitrogen and oxygen atoms in total. The number of aryl methyl sites for hydroxylation is 1. The number of rotatable bonds is 5. The van der Waals surface area contributed by atoms with Crippen molar-refractivity contribution in [3.8, 4) is 0 Å². The maximum atomic E-state index is 12.7. The SMILES string of the molecule is CC1CN(C(=O)CCc2ccc(S(=O)(=O)N3CCCCC3)cc2)CCO1. The molecule has 2 aliphatic rings. The number of sulfonamides is 1. The van der Waals surface area contributed by atoms with Crippen molar-refractivity contribution in [2.75, 3.05) is 32.8 Å². The largest absolute Gasteiger partial charge is 0.375 e. The predicted octanol–water partition coefficient (Wildman–Crippen LogP) is 2.04. The lowest BCUT2D eigenvalue weighted by molar-refractivity contribution is -0.138. The fraction of sp³-hybridized carbons (Fsp3) is 0.632. The zero-order valence-corrected chi connectivity index (χ0v) is 16.2. The Kier molecular flexibility index (Phi) is 6.32. The van der Waals surface area contributed by atoms with Gasteiger partial charge in [-0.15, -0.1) is 0 Å². The molecule has 0 N–H and O–H groups in total. The van der Waals surface area contributed by atoms with E-state index >= 15 is 0 Å². The third-order valence-electron chi connectivity index (χ3n) is 5.10. The van der Waals surface area contributed by atoms with Crippen LogP contribution in [-0.2, 0) is 26.0 Å². The lowest BCUT2D eigenvalue weighted by Gasteiger charge is -2.31. The fourth-order valence-electron chi connectivity index (χ4n) is 3.54. The van der Waals surface area contributed by atoms with Gasteiger partial charge in [-0.05, 0) is 43.9 Å². The fourth-order valence-corrected chi connectivity index (χ4v) is 5.05. The van der Waals surface area contributed by atoms with E-state index in [-0.39, 0.29) is 12.0 Å². The molecule has 0 radical (unpaired) electrons. The molecule has 1 aromatic rings. The molecule has 26 heavy (non-hydrogen) atoms. The Bertz CT molecular complexity index is 712. The van der Waals surface area contributed by atoms with E-state index in [9.17, 15) is 13.2 Å². The highest BCUT2D eigenvalue weighted by atomic mass is 32.2. The summed E-state index contributed by atoms with van der Waals surface area (Å²) in [4.78, 5) is 14.5. The number of carbonyl (C=O) groups is 1. The van der Waals surface area contributed by atoms with Gasteiger partial charge in [0.2, 0.25) is 15.9 Å². The van der Waals surface area contributed by atoms with Crippen LogP contribution in [0, 0.1) is 0 Å². The van der Waals surface area contributed by atoms with Crippen LogP contribution in [0.15, 0.2) is 29.2 Å². The van der Waals surface area contributed by atoms with Crippen LogP contribution in [0.4, 0.5) is 0 Å². The highest BCUT2D eigenvalue weighted by molar-refractivity contribution is 7.89. The smallest absolute Gasteiger partial charge is 0.243 e. The lowest BCUT2D eigenvalue weighted by Crippen LogP contribution is -2.44. The zero-order valence-electron chi connectivity index (χ0n) is 15.4. The van der Waals surface area contributed by atoms with Crippen LogP contribution >= 0.6 is 0 Å². The normalized spacial score (nSPS) is 22.3. The summed E-state index contributed by atoms with van der Waals surface area (Å²) >= 11 is 0. The Labute approximate surface area is 156 Å². The third-order valence-corrected chi connectivity index (χ3v) is 7.01. The molecular formula is C19H28N2O4S. The number of piperidine rings is 1. The van der Waals surface area contributed by atoms with E-state index < -0.39 is 10.0 Å². The van der Waals surface area contributed by atoms with Gasteiger partial charge in [-0.1, -0.05) is 18.6 Å². The molecule has 144 valence electrons. The minimum absolute atomic E-state index is 0.0898. The summed E-state index contributed by atoms with van der Waals surface area (Å²) < 4.78 is 32.3. The topological polar surface area (TPSA) is 66.9 Å². The van der Waals surface area contributed by atoms with Gasteiger partial charge in [0, 0.05) is 32.6 Å². The molecule has 0 bridgehead atoms. The number of morpholine rings is 1. The van der Waals surface area contributed by atoms with Crippen molar-refractivity contribution in [2.45, 2.75) is 50.0 Å². The lowest BCUT2D eigenvalue weighted by atomic mass is 10.1. The number of hydrogen-bond acceptors (Lipinski definition) is 4. The van der Waals surface area contributed by atoms with Crippen LogP contribution in [0.3, 0.4) is 0 Å². The average Bonchev–Trinajstić information content (AvgIpc) is 2.67. The molecule has 3 rings (SSSR count). The van der Waals surface area contributed by atoms with Gasteiger partial charge in [0.1, 0.15) is 0 Å². The average molecular weight is 381 g/mol. The molecule has 1 aromatic carbocycles. The minimum Gasteiger partial charge on any atom is -0.375 e. The second-order valence-electron chi connectivity index (χ2n) is 7.13. The van der Waals surface area contributed by atoms with Gasteiger partial charge >= 0.3 is 0 Å². The standard InChI is InChI=1S/C19H28N2O4S/c1-16-15-20(13-14-25-16)19(22)10-7-17-5-8-18(9-6-17)26(23,24)21-11-3-2-4-12-21/h5-6,8-9,16H,2-4,7,10-15H2,1H3. The Morgan fingerprint density at radius 3 is 2.46 bits per heavy atom. The molecule has 1 amide bonds. The van der Waals surface area contributed by atoms with Crippen LogP contribution in [-0.4, -0.2) is 62.4 Å². The Morgan fingerprint density at radius 1 is 1.12 bits per heavy atom. The van der Waals surface area contributed by atoms with E-state index in [2.05, 4.69) is 0 Å². The van der Waals surface area contributed by atoms with Gasteiger partial charge in [0.25, 0.3) is 0 Å². The second kappa shape index (κ2) is 8.50. The maximum Gasteiger partial charge on any atom is 0.243 e. The summed E-state index contributed by atoms with van der Waals surface area (Å²) in [5.41, 5.74) is 0.984. The third kappa shape index (κ3) is 4.64.